The van der Waals surface area contributed by atoms with E-state index in [1.54, 1.807) is 30.3 Å². The summed E-state index contributed by atoms with van der Waals surface area (Å²) in [7, 11) is 0. The molecule has 146 valence electrons. The fourth-order valence-electron chi connectivity index (χ4n) is 2.96. The van der Waals surface area contributed by atoms with Crippen molar-refractivity contribution >= 4 is 33.6 Å². The number of hydrogen-bond acceptors (Lipinski definition) is 5. The molecule has 7 heteroatoms. The van der Waals surface area contributed by atoms with Crippen LogP contribution in [0.25, 0.3) is 21.7 Å². The highest BCUT2D eigenvalue weighted by Crippen LogP contribution is 2.26. The molecule has 0 atom stereocenters. The van der Waals surface area contributed by atoms with Crippen LogP contribution >= 0.6 is 0 Å². The molecule has 3 rings (SSSR count). The minimum Gasteiger partial charge on any atom is -0.484 e. The highest BCUT2D eigenvalue weighted by Gasteiger charge is 2.09. The van der Waals surface area contributed by atoms with E-state index in [4.69, 9.17) is 14.3 Å². The van der Waals surface area contributed by atoms with Gasteiger partial charge in [0.15, 0.2) is 6.61 Å². The summed E-state index contributed by atoms with van der Waals surface area (Å²) in [4.78, 5) is 34.4. The van der Waals surface area contributed by atoms with Gasteiger partial charge < -0.3 is 19.6 Å². The first-order chi connectivity index (χ1) is 13.5. The van der Waals surface area contributed by atoms with Crippen molar-refractivity contribution in [3.05, 3.63) is 52.9 Å². The van der Waals surface area contributed by atoms with E-state index in [1.165, 1.54) is 0 Å². The van der Waals surface area contributed by atoms with Crippen LogP contribution < -0.4 is 15.7 Å². The quantitative estimate of drug-likeness (QED) is 0.334. The average molecular weight is 383 g/mol. The van der Waals surface area contributed by atoms with Crippen LogP contribution in [0.15, 0.2) is 51.7 Å². The molecular weight excluding hydrogens is 362 g/mol. The van der Waals surface area contributed by atoms with Gasteiger partial charge in [-0.2, -0.15) is 0 Å². The van der Waals surface area contributed by atoms with Crippen LogP contribution in [0.1, 0.15) is 25.7 Å². The third kappa shape index (κ3) is 4.88. The molecule has 28 heavy (non-hydrogen) atoms. The molecule has 0 saturated heterocycles. The molecule has 0 fully saturated rings. The van der Waals surface area contributed by atoms with E-state index in [2.05, 4.69) is 5.32 Å². The number of carbonyl (C=O) groups excluding carboxylic acids is 1. The second-order valence-corrected chi connectivity index (χ2v) is 6.44. The summed E-state index contributed by atoms with van der Waals surface area (Å²) >= 11 is 0. The Morgan fingerprint density at radius 2 is 1.79 bits per heavy atom. The maximum absolute atomic E-state index is 12.1. The number of ether oxygens (including phenoxy) is 1. The number of fused-ring (bicyclic) bond motifs is 3. The minimum atomic E-state index is -0.809. The number of rotatable bonds is 9. The maximum atomic E-state index is 12.1. The molecule has 0 aliphatic heterocycles. The van der Waals surface area contributed by atoms with Gasteiger partial charge in [-0.3, -0.25) is 9.59 Å². The van der Waals surface area contributed by atoms with E-state index in [0.29, 0.717) is 36.1 Å². The monoisotopic (exact) mass is 383 g/mol. The lowest BCUT2D eigenvalue weighted by Crippen LogP contribution is -2.29. The number of carboxylic acids is 1. The Bertz CT molecular complexity index is 1060. The summed E-state index contributed by atoms with van der Waals surface area (Å²) in [5.74, 6) is -0.641. The molecule has 0 spiro atoms. The summed E-state index contributed by atoms with van der Waals surface area (Å²) in [6.07, 6.45) is 2.20. The average Bonchev–Trinajstić information content (AvgIpc) is 2.69. The van der Waals surface area contributed by atoms with E-state index < -0.39 is 11.6 Å². The maximum Gasteiger partial charge on any atom is 0.344 e. The standard InChI is InChI=1S/C21H21NO6/c23-19(22-11-5-1-2-8-20(24)25)13-27-14-9-10-16-15-6-3-4-7-17(15)21(26)28-18(16)12-14/h3-4,6-7,9-10,12H,1-2,5,8,11,13H2,(H,22,23)(H,24,25). The molecule has 0 saturated carbocycles. The number of benzene rings is 2. The van der Waals surface area contributed by atoms with Gasteiger partial charge in [-0.1, -0.05) is 24.6 Å². The highest BCUT2D eigenvalue weighted by atomic mass is 16.5. The predicted octanol–water partition coefficient (Wildman–Crippen LogP) is 3.09. The summed E-state index contributed by atoms with van der Waals surface area (Å²) in [6, 6.07) is 12.4. The molecule has 0 bridgehead atoms. The van der Waals surface area contributed by atoms with Gasteiger partial charge >= 0.3 is 11.6 Å². The van der Waals surface area contributed by atoms with E-state index in [0.717, 1.165) is 17.2 Å². The number of carbonyl (C=O) groups is 2. The first-order valence-electron chi connectivity index (χ1n) is 9.11. The van der Waals surface area contributed by atoms with Crippen molar-refractivity contribution in [2.24, 2.45) is 0 Å². The highest BCUT2D eigenvalue weighted by molar-refractivity contribution is 6.04. The molecule has 1 heterocycles. The fourth-order valence-corrected chi connectivity index (χ4v) is 2.96. The van der Waals surface area contributed by atoms with Crippen LogP contribution in [-0.2, 0) is 9.59 Å². The van der Waals surface area contributed by atoms with Crippen molar-refractivity contribution < 1.29 is 23.8 Å². The third-order valence-electron chi connectivity index (χ3n) is 4.35. The molecule has 1 aromatic heterocycles. The molecule has 2 aromatic carbocycles. The number of carboxylic acid groups (broad SMARTS) is 1. The number of nitrogens with one attached hydrogen (secondary N) is 1. The zero-order valence-electron chi connectivity index (χ0n) is 15.3. The normalized spacial score (nSPS) is 10.9. The van der Waals surface area contributed by atoms with E-state index in [1.807, 2.05) is 12.1 Å². The second kappa shape index (κ2) is 9.03. The van der Waals surface area contributed by atoms with Gasteiger partial charge in [0, 0.05) is 24.4 Å². The minimum absolute atomic E-state index is 0.143. The Hall–Kier alpha value is -3.35. The van der Waals surface area contributed by atoms with Crippen LogP contribution in [0.5, 0.6) is 5.75 Å². The van der Waals surface area contributed by atoms with Gasteiger partial charge in [-0.25, -0.2) is 4.79 Å². The molecule has 3 aromatic rings. The van der Waals surface area contributed by atoms with Gasteiger partial charge in [0.1, 0.15) is 11.3 Å². The van der Waals surface area contributed by atoms with Gasteiger partial charge in [0.2, 0.25) is 0 Å². The summed E-state index contributed by atoms with van der Waals surface area (Å²) < 4.78 is 10.8. The Morgan fingerprint density at radius 1 is 1.00 bits per heavy atom. The Morgan fingerprint density at radius 3 is 2.57 bits per heavy atom. The fraction of sp³-hybridized carbons (Fsp3) is 0.286. The molecule has 0 aliphatic rings. The Labute approximate surface area is 160 Å². The van der Waals surface area contributed by atoms with Crippen molar-refractivity contribution in [3.8, 4) is 5.75 Å². The smallest absolute Gasteiger partial charge is 0.344 e. The zero-order chi connectivity index (χ0) is 19.9. The van der Waals surface area contributed by atoms with E-state index in [-0.39, 0.29) is 18.9 Å². The molecule has 1 amide bonds. The van der Waals surface area contributed by atoms with Gasteiger partial charge in [-0.15, -0.1) is 0 Å². The lowest BCUT2D eigenvalue weighted by Gasteiger charge is -2.08. The predicted molar refractivity (Wildman–Crippen MR) is 105 cm³/mol. The Kier molecular flexibility index (Phi) is 6.26. The van der Waals surface area contributed by atoms with E-state index in [9.17, 15) is 14.4 Å². The second-order valence-electron chi connectivity index (χ2n) is 6.44. The molecule has 0 radical (unpaired) electrons. The van der Waals surface area contributed by atoms with Crippen LogP contribution in [0.3, 0.4) is 0 Å². The first-order valence-corrected chi connectivity index (χ1v) is 9.11. The molecule has 7 nitrogen and oxygen atoms in total. The number of amides is 1. The number of unbranched alkanes of at least 4 members (excludes halogenated alkanes) is 2. The largest absolute Gasteiger partial charge is 0.484 e. The number of hydrogen-bond donors (Lipinski definition) is 2. The van der Waals surface area contributed by atoms with Crippen molar-refractivity contribution in [2.75, 3.05) is 13.2 Å². The van der Waals surface area contributed by atoms with Gasteiger partial charge in [0.05, 0.1) is 5.39 Å². The summed E-state index contributed by atoms with van der Waals surface area (Å²) in [5, 5.41) is 13.4. The van der Waals surface area contributed by atoms with Crippen molar-refractivity contribution in [1.29, 1.82) is 0 Å². The van der Waals surface area contributed by atoms with E-state index >= 15 is 0 Å². The van der Waals surface area contributed by atoms with Gasteiger partial charge in [0.25, 0.3) is 5.91 Å². The summed E-state index contributed by atoms with van der Waals surface area (Å²) in [6.45, 7) is 0.318. The van der Waals surface area contributed by atoms with Gasteiger partial charge in [-0.05, 0) is 36.4 Å². The van der Waals surface area contributed by atoms with Crippen molar-refractivity contribution in [2.45, 2.75) is 25.7 Å². The van der Waals surface area contributed by atoms with Crippen molar-refractivity contribution in [1.82, 2.24) is 5.32 Å². The zero-order valence-corrected chi connectivity index (χ0v) is 15.3. The molecule has 0 aliphatic carbocycles. The lowest BCUT2D eigenvalue weighted by atomic mass is 10.1. The lowest BCUT2D eigenvalue weighted by molar-refractivity contribution is -0.137. The third-order valence-corrected chi connectivity index (χ3v) is 4.35. The van der Waals surface area contributed by atoms with Crippen molar-refractivity contribution in [3.63, 3.8) is 0 Å². The SMILES string of the molecule is O=C(O)CCCCCNC(=O)COc1ccc2c(c1)oc(=O)c1ccccc12. The Balaban J connectivity index is 1.55. The molecular formula is C21H21NO6. The molecule has 0 unspecified atom stereocenters. The number of aliphatic carboxylic acids is 1. The topological polar surface area (TPSA) is 106 Å². The van der Waals surface area contributed by atoms with Crippen LogP contribution in [0.2, 0.25) is 0 Å². The summed E-state index contributed by atoms with van der Waals surface area (Å²) in [5.41, 5.74) is -0.0130. The van der Waals surface area contributed by atoms with Crippen LogP contribution in [0.4, 0.5) is 0 Å². The first kappa shape index (κ1) is 19.4. The van der Waals surface area contributed by atoms with Crippen LogP contribution in [-0.4, -0.2) is 30.1 Å². The van der Waals surface area contributed by atoms with Crippen LogP contribution in [0, 0.1) is 0 Å². The molecule has 2 N–H and O–H groups in total.